The van der Waals surface area contributed by atoms with Crippen molar-refractivity contribution in [1.82, 2.24) is 4.98 Å². The minimum Gasteiger partial charge on any atom is -0.491 e. The highest BCUT2D eigenvalue weighted by molar-refractivity contribution is 6.05. The molecule has 146 valence electrons. The van der Waals surface area contributed by atoms with E-state index in [4.69, 9.17) is 9.47 Å². The summed E-state index contributed by atoms with van der Waals surface area (Å²) in [7, 11) is 0. The Hall–Kier alpha value is -2.14. The first kappa shape index (κ1) is 19.6. The molecule has 2 aromatic rings. The lowest BCUT2D eigenvalue weighted by atomic mass is 9.98. The molecule has 5 heteroatoms. The van der Waals surface area contributed by atoms with E-state index in [0.29, 0.717) is 19.1 Å². The van der Waals surface area contributed by atoms with Crippen LogP contribution in [0.5, 0.6) is 5.75 Å². The van der Waals surface area contributed by atoms with E-state index in [0.717, 1.165) is 54.4 Å². The first-order valence-electron chi connectivity index (χ1n) is 10.1. The first-order valence-corrected chi connectivity index (χ1v) is 10.1. The SMILES string of the molecule is CCCCOc1ccc(NC(=O)C(C)(OCCC)C2CC2)c2cccnc12. The van der Waals surface area contributed by atoms with Crippen LogP contribution < -0.4 is 10.1 Å². The topological polar surface area (TPSA) is 60.5 Å². The Morgan fingerprint density at radius 3 is 2.74 bits per heavy atom. The van der Waals surface area contributed by atoms with Gasteiger partial charge in [0, 0.05) is 18.2 Å². The zero-order valence-corrected chi connectivity index (χ0v) is 16.6. The van der Waals surface area contributed by atoms with Gasteiger partial charge in [0.2, 0.25) is 0 Å². The maximum atomic E-state index is 13.1. The van der Waals surface area contributed by atoms with Gasteiger partial charge in [-0.2, -0.15) is 0 Å². The number of aromatic nitrogens is 1. The molecule has 5 nitrogen and oxygen atoms in total. The van der Waals surface area contributed by atoms with Gasteiger partial charge in [-0.15, -0.1) is 0 Å². The van der Waals surface area contributed by atoms with Crippen molar-refractivity contribution in [2.75, 3.05) is 18.5 Å². The number of anilines is 1. The van der Waals surface area contributed by atoms with E-state index < -0.39 is 5.60 Å². The molecule has 0 radical (unpaired) electrons. The van der Waals surface area contributed by atoms with E-state index in [-0.39, 0.29) is 5.91 Å². The largest absolute Gasteiger partial charge is 0.491 e. The van der Waals surface area contributed by atoms with Gasteiger partial charge in [0.25, 0.3) is 5.91 Å². The van der Waals surface area contributed by atoms with Crippen molar-refractivity contribution in [2.45, 2.75) is 58.5 Å². The second-order valence-corrected chi connectivity index (χ2v) is 7.40. The van der Waals surface area contributed by atoms with Crippen LogP contribution in [-0.4, -0.2) is 29.7 Å². The second-order valence-electron chi connectivity index (χ2n) is 7.40. The summed E-state index contributed by atoms with van der Waals surface area (Å²) >= 11 is 0. The van der Waals surface area contributed by atoms with E-state index in [9.17, 15) is 4.79 Å². The van der Waals surface area contributed by atoms with Crippen molar-refractivity contribution in [3.63, 3.8) is 0 Å². The highest BCUT2D eigenvalue weighted by Crippen LogP contribution is 2.43. The number of benzene rings is 1. The highest BCUT2D eigenvalue weighted by atomic mass is 16.5. The number of carbonyl (C=O) groups is 1. The van der Waals surface area contributed by atoms with Crippen molar-refractivity contribution in [2.24, 2.45) is 5.92 Å². The lowest BCUT2D eigenvalue weighted by Gasteiger charge is -2.29. The zero-order valence-electron chi connectivity index (χ0n) is 16.6. The molecule has 1 aliphatic rings. The molecule has 1 atom stereocenters. The predicted octanol–water partition coefficient (Wildman–Crippen LogP) is 4.95. The van der Waals surface area contributed by atoms with Crippen molar-refractivity contribution < 1.29 is 14.3 Å². The summed E-state index contributed by atoms with van der Waals surface area (Å²) in [4.78, 5) is 17.6. The Morgan fingerprint density at radius 1 is 1.22 bits per heavy atom. The van der Waals surface area contributed by atoms with Gasteiger partial charge in [0.05, 0.1) is 12.3 Å². The van der Waals surface area contributed by atoms with Gasteiger partial charge >= 0.3 is 0 Å². The van der Waals surface area contributed by atoms with Crippen molar-refractivity contribution >= 4 is 22.5 Å². The summed E-state index contributed by atoms with van der Waals surface area (Å²) in [6.07, 6.45) is 6.81. The van der Waals surface area contributed by atoms with E-state index in [1.165, 1.54) is 0 Å². The molecule has 1 fully saturated rings. The molecule has 1 amide bonds. The van der Waals surface area contributed by atoms with Gasteiger partial charge in [0.1, 0.15) is 16.9 Å². The van der Waals surface area contributed by atoms with Gasteiger partial charge in [-0.1, -0.05) is 20.3 Å². The Labute approximate surface area is 161 Å². The van der Waals surface area contributed by atoms with Crippen LogP contribution in [0.4, 0.5) is 5.69 Å². The molecule has 27 heavy (non-hydrogen) atoms. The summed E-state index contributed by atoms with van der Waals surface area (Å²) in [5, 5.41) is 3.97. The van der Waals surface area contributed by atoms with Crippen molar-refractivity contribution in [3.8, 4) is 5.75 Å². The number of unbranched alkanes of at least 4 members (excludes halogenated alkanes) is 1. The molecule has 1 aromatic carbocycles. The van der Waals surface area contributed by atoms with Crippen LogP contribution >= 0.6 is 0 Å². The van der Waals surface area contributed by atoms with Crippen LogP contribution in [0.15, 0.2) is 30.5 Å². The number of nitrogens with one attached hydrogen (secondary N) is 1. The lowest BCUT2D eigenvalue weighted by Crippen LogP contribution is -2.45. The highest BCUT2D eigenvalue weighted by Gasteiger charge is 2.48. The molecule has 1 aliphatic carbocycles. The molecular formula is C22H30N2O3. The Kier molecular flexibility index (Phi) is 6.32. The van der Waals surface area contributed by atoms with Gasteiger partial charge in [-0.3, -0.25) is 9.78 Å². The van der Waals surface area contributed by atoms with Gasteiger partial charge in [-0.05, 0) is 62.8 Å². The zero-order chi connectivity index (χ0) is 19.3. The third-order valence-electron chi connectivity index (χ3n) is 5.15. The minimum atomic E-state index is -0.777. The van der Waals surface area contributed by atoms with E-state index in [1.54, 1.807) is 6.20 Å². The van der Waals surface area contributed by atoms with Crippen LogP contribution in [-0.2, 0) is 9.53 Å². The van der Waals surface area contributed by atoms with Crippen LogP contribution in [0.25, 0.3) is 10.9 Å². The van der Waals surface area contributed by atoms with Crippen LogP contribution in [0.3, 0.4) is 0 Å². The average Bonchev–Trinajstić information content (AvgIpc) is 3.53. The lowest BCUT2D eigenvalue weighted by molar-refractivity contribution is -0.142. The quantitative estimate of drug-likeness (QED) is 0.601. The third kappa shape index (κ3) is 4.41. The summed E-state index contributed by atoms with van der Waals surface area (Å²) in [6.45, 7) is 7.36. The molecule has 3 rings (SSSR count). The Bertz CT molecular complexity index is 788. The smallest absolute Gasteiger partial charge is 0.256 e. The first-order chi connectivity index (χ1) is 13.1. The fourth-order valence-electron chi connectivity index (χ4n) is 3.26. The van der Waals surface area contributed by atoms with Crippen LogP contribution in [0, 0.1) is 5.92 Å². The Morgan fingerprint density at radius 2 is 2.04 bits per heavy atom. The molecule has 0 aliphatic heterocycles. The number of hydrogen-bond acceptors (Lipinski definition) is 4. The number of nitrogens with zero attached hydrogens (tertiary/aromatic N) is 1. The fraction of sp³-hybridized carbons (Fsp3) is 0.545. The summed E-state index contributed by atoms with van der Waals surface area (Å²) < 4.78 is 11.9. The number of rotatable bonds is 10. The molecule has 1 N–H and O–H groups in total. The number of carbonyl (C=O) groups excluding carboxylic acids is 1. The molecule has 0 bridgehead atoms. The number of ether oxygens (including phenoxy) is 2. The summed E-state index contributed by atoms with van der Waals surface area (Å²) in [5.74, 6) is 0.970. The second kappa shape index (κ2) is 8.70. The maximum absolute atomic E-state index is 13.1. The van der Waals surface area contributed by atoms with Gasteiger partial charge < -0.3 is 14.8 Å². The van der Waals surface area contributed by atoms with Crippen LogP contribution in [0.1, 0.15) is 52.9 Å². The van der Waals surface area contributed by atoms with Gasteiger partial charge in [0.15, 0.2) is 0 Å². The van der Waals surface area contributed by atoms with E-state index in [2.05, 4.69) is 24.1 Å². The van der Waals surface area contributed by atoms with Crippen molar-refractivity contribution in [1.29, 1.82) is 0 Å². The summed E-state index contributed by atoms with van der Waals surface area (Å²) in [5.41, 5.74) is 0.743. The molecule has 0 saturated heterocycles. The molecule has 0 spiro atoms. The fourth-order valence-corrected chi connectivity index (χ4v) is 3.26. The standard InChI is InChI=1S/C22H30N2O3/c1-4-6-15-26-19-12-11-18(17-8-7-13-23-20(17)19)24-21(25)22(3,16-9-10-16)27-14-5-2/h7-8,11-13,16H,4-6,9-10,14-15H2,1-3H3,(H,24,25). The molecule has 1 saturated carbocycles. The summed E-state index contributed by atoms with van der Waals surface area (Å²) in [6, 6.07) is 7.63. The molecular weight excluding hydrogens is 340 g/mol. The molecule has 1 aromatic heterocycles. The predicted molar refractivity (Wildman–Crippen MR) is 108 cm³/mol. The monoisotopic (exact) mass is 370 g/mol. The number of hydrogen-bond donors (Lipinski definition) is 1. The van der Waals surface area contributed by atoms with E-state index in [1.807, 2.05) is 31.2 Å². The minimum absolute atomic E-state index is 0.0803. The maximum Gasteiger partial charge on any atom is 0.256 e. The number of amides is 1. The van der Waals surface area contributed by atoms with Crippen molar-refractivity contribution in [3.05, 3.63) is 30.5 Å². The molecule has 1 heterocycles. The number of fused-ring (bicyclic) bond motifs is 1. The van der Waals surface area contributed by atoms with Crippen LogP contribution in [0.2, 0.25) is 0 Å². The number of pyridine rings is 1. The van der Waals surface area contributed by atoms with E-state index >= 15 is 0 Å². The Balaban J connectivity index is 1.84. The average molecular weight is 370 g/mol. The normalized spacial score (nSPS) is 16.1. The molecule has 1 unspecified atom stereocenters. The third-order valence-corrected chi connectivity index (χ3v) is 5.15. The van der Waals surface area contributed by atoms with Gasteiger partial charge in [-0.25, -0.2) is 0 Å².